The van der Waals surface area contributed by atoms with Gasteiger partial charge in [0, 0.05) is 18.7 Å². The van der Waals surface area contributed by atoms with Gasteiger partial charge in [0.05, 0.1) is 6.26 Å². The van der Waals surface area contributed by atoms with Crippen LogP contribution in [0.3, 0.4) is 0 Å². The number of aromatic nitrogens is 3. The molecule has 0 saturated heterocycles. The number of nitrogens with two attached hydrogens (primary N) is 1. The first-order valence-electron chi connectivity index (χ1n) is 7.77. The Morgan fingerprint density at radius 1 is 1.26 bits per heavy atom. The lowest BCUT2D eigenvalue weighted by Crippen LogP contribution is -2.23. The van der Waals surface area contributed by atoms with Crippen molar-refractivity contribution in [2.45, 2.75) is 12.8 Å². The maximum absolute atomic E-state index is 12.1. The number of hydrogen-bond acceptors (Lipinski definition) is 5. The van der Waals surface area contributed by atoms with E-state index < -0.39 is 6.36 Å². The summed E-state index contributed by atoms with van der Waals surface area (Å²) in [6.07, 6.45) is -2.73. The van der Waals surface area contributed by atoms with Gasteiger partial charge in [-0.05, 0) is 36.4 Å². The number of nitrogens with one attached hydrogen (secondary N) is 2. The van der Waals surface area contributed by atoms with Crippen LogP contribution in [0, 0.1) is 0 Å². The minimum Gasteiger partial charge on any atom is -0.461 e. The van der Waals surface area contributed by atoms with Crippen LogP contribution >= 0.6 is 0 Å². The molecule has 142 valence electrons. The van der Waals surface area contributed by atoms with Crippen molar-refractivity contribution < 1.29 is 22.3 Å². The molecule has 0 aliphatic carbocycles. The van der Waals surface area contributed by atoms with Crippen molar-refractivity contribution in [3.63, 3.8) is 0 Å². The van der Waals surface area contributed by atoms with Gasteiger partial charge in [-0.1, -0.05) is 0 Å². The van der Waals surface area contributed by atoms with Gasteiger partial charge in [-0.15, -0.1) is 13.2 Å². The number of rotatable bonds is 6. The second-order valence-corrected chi connectivity index (χ2v) is 5.30. The predicted octanol–water partition coefficient (Wildman–Crippen LogP) is 2.93. The first-order chi connectivity index (χ1) is 12.9. The number of alkyl halides is 3. The summed E-state index contributed by atoms with van der Waals surface area (Å²) < 4.78 is 45.4. The fraction of sp³-hybridized carbons (Fsp3) is 0.188. The van der Waals surface area contributed by atoms with Crippen molar-refractivity contribution in [3.8, 4) is 17.3 Å². The fourth-order valence-electron chi connectivity index (χ4n) is 2.13. The number of halogens is 3. The Morgan fingerprint density at radius 3 is 2.70 bits per heavy atom. The van der Waals surface area contributed by atoms with E-state index in [9.17, 15) is 13.2 Å². The van der Waals surface area contributed by atoms with Crippen LogP contribution in [0.2, 0.25) is 0 Å². The molecule has 1 aromatic carbocycles. The number of H-pyrrole nitrogens is 1. The number of anilines is 1. The summed E-state index contributed by atoms with van der Waals surface area (Å²) in [5.74, 6) is 1.42. The van der Waals surface area contributed by atoms with E-state index in [0.29, 0.717) is 36.1 Å². The van der Waals surface area contributed by atoms with E-state index >= 15 is 0 Å². The predicted molar refractivity (Wildman–Crippen MR) is 91.0 cm³/mol. The van der Waals surface area contributed by atoms with E-state index in [1.165, 1.54) is 30.5 Å². The standard InChI is InChI=1S/C16H15F3N6O2/c17-16(18,19)27-11-5-3-10(4-6-11)22-15(20)21-8-7-13-23-14(25-24-13)12-2-1-9-26-12/h1-6,9H,7-8H2,(H3,20,21,22)(H,23,24,25). The highest BCUT2D eigenvalue weighted by atomic mass is 19.4. The molecule has 0 aliphatic heterocycles. The second-order valence-electron chi connectivity index (χ2n) is 5.30. The summed E-state index contributed by atoms with van der Waals surface area (Å²) in [6.45, 7) is 0.334. The molecule has 0 fully saturated rings. The SMILES string of the molecule is NC(=NCCc1nc(-c2ccco2)n[nH]1)Nc1ccc(OC(F)(F)F)cc1. The summed E-state index contributed by atoms with van der Waals surface area (Å²) in [5, 5.41) is 9.60. The summed E-state index contributed by atoms with van der Waals surface area (Å²) in [6, 6.07) is 8.63. The molecule has 0 amide bonds. The van der Waals surface area contributed by atoms with Gasteiger partial charge in [-0.2, -0.15) is 5.10 Å². The molecular formula is C16H15F3N6O2. The van der Waals surface area contributed by atoms with Gasteiger partial charge in [-0.3, -0.25) is 10.1 Å². The zero-order chi connectivity index (χ0) is 19.3. The molecule has 3 aromatic rings. The van der Waals surface area contributed by atoms with Crippen LogP contribution < -0.4 is 15.8 Å². The molecule has 0 radical (unpaired) electrons. The Hall–Kier alpha value is -3.50. The number of aromatic amines is 1. The second kappa shape index (κ2) is 7.81. The Labute approximate surface area is 151 Å². The molecule has 2 heterocycles. The minimum atomic E-state index is -4.73. The Balaban J connectivity index is 1.49. The van der Waals surface area contributed by atoms with Crippen molar-refractivity contribution in [3.05, 3.63) is 48.5 Å². The fourth-order valence-corrected chi connectivity index (χ4v) is 2.13. The van der Waals surface area contributed by atoms with E-state index in [1.54, 1.807) is 12.1 Å². The van der Waals surface area contributed by atoms with E-state index in [4.69, 9.17) is 10.2 Å². The maximum Gasteiger partial charge on any atom is 0.573 e. The summed E-state index contributed by atoms with van der Waals surface area (Å²) in [4.78, 5) is 8.41. The molecule has 0 unspecified atom stereocenters. The molecule has 8 nitrogen and oxygen atoms in total. The monoisotopic (exact) mass is 380 g/mol. The first kappa shape index (κ1) is 18.3. The largest absolute Gasteiger partial charge is 0.573 e. The number of hydrogen-bond donors (Lipinski definition) is 3. The Morgan fingerprint density at radius 2 is 2.04 bits per heavy atom. The molecule has 3 rings (SSSR count). The van der Waals surface area contributed by atoms with Crippen molar-refractivity contribution in [1.29, 1.82) is 0 Å². The van der Waals surface area contributed by atoms with Gasteiger partial charge in [0.25, 0.3) is 0 Å². The quantitative estimate of drug-likeness (QED) is 0.447. The number of benzene rings is 1. The van der Waals surface area contributed by atoms with Crippen molar-refractivity contribution in [2.24, 2.45) is 10.7 Å². The average molecular weight is 380 g/mol. The number of furan rings is 1. The zero-order valence-electron chi connectivity index (χ0n) is 13.8. The zero-order valence-corrected chi connectivity index (χ0v) is 13.8. The van der Waals surface area contributed by atoms with Crippen molar-refractivity contribution in [2.75, 3.05) is 11.9 Å². The van der Waals surface area contributed by atoms with Crippen LogP contribution in [0.4, 0.5) is 18.9 Å². The van der Waals surface area contributed by atoms with Crippen LogP contribution in [0.15, 0.2) is 52.1 Å². The first-order valence-corrected chi connectivity index (χ1v) is 7.77. The highest BCUT2D eigenvalue weighted by Crippen LogP contribution is 2.23. The third-order valence-electron chi connectivity index (χ3n) is 3.26. The summed E-state index contributed by atoms with van der Waals surface area (Å²) >= 11 is 0. The molecule has 27 heavy (non-hydrogen) atoms. The van der Waals surface area contributed by atoms with Gasteiger partial charge in [-0.25, -0.2) is 4.98 Å². The number of aliphatic imine (C=N–C) groups is 1. The lowest BCUT2D eigenvalue weighted by Gasteiger charge is -2.10. The molecular weight excluding hydrogens is 365 g/mol. The molecule has 2 aromatic heterocycles. The molecule has 0 spiro atoms. The highest BCUT2D eigenvalue weighted by Gasteiger charge is 2.30. The summed E-state index contributed by atoms with van der Waals surface area (Å²) in [7, 11) is 0. The molecule has 11 heteroatoms. The van der Waals surface area contributed by atoms with Crippen LogP contribution in [0.1, 0.15) is 5.82 Å². The van der Waals surface area contributed by atoms with E-state index in [-0.39, 0.29) is 11.7 Å². The van der Waals surface area contributed by atoms with Crippen LogP contribution in [-0.2, 0) is 6.42 Å². The summed E-state index contributed by atoms with van der Waals surface area (Å²) in [5.41, 5.74) is 6.24. The normalized spacial score (nSPS) is 12.2. The van der Waals surface area contributed by atoms with Gasteiger partial charge < -0.3 is 20.2 Å². The lowest BCUT2D eigenvalue weighted by molar-refractivity contribution is -0.274. The van der Waals surface area contributed by atoms with Crippen LogP contribution in [-0.4, -0.2) is 34.0 Å². The van der Waals surface area contributed by atoms with Crippen LogP contribution in [0.5, 0.6) is 5.75 Å². The maximum atomic E-state index is 12.1. The smallest absolute Gasteiger partial charge is 0.461 e. The minimum absolute atomic E-state index is 0.116. The van der Waals surface area contributed by atoms with E-state index in [2.05, 4.69) is 30.2 Å². The third kappa shape index (κ3) is 5.49. The van der Waals surface area contributed by atoms with Gasteiger partial charge in [0.15, 0.2) is 11.7 Å². The molecule has 0 saturated carbocycles. The number of nitrogens with zero attached hydrogens (tertiary/aromatic N) is 3. The van der Waals surface area contributed by atoms with Gasteiger partial charge in [0.2, 0.25) is 5.82 Å². The molecule has 0 aliphatic rings. The van der Waals surface area contributed by atoms with Crippen molar-refractivity contribution in [1.82, 2.24) is 15.2 Å². The highest BCUT2D eigenvalue weighted by molar-refractivity contribution is 5.92. The van der Waals surface area contributed by atoms with E-state index in [1.807, 2.05) is 0 Å². The molecule has 0 atom stereocenters. The number of ether oxygens (including phenoxy) is 1. The molecule has 4 N–H and O–H groups in total. The Bertz CT molecular complexity index is 888. The van der Waals surface area contributed by atoms with E-state index in [0.717, 1.165) is 0 Å². The lowest BCUT2D eigenvalue weighted by atomic mass is 10.3. The van der Waals surface area contributed by atoms with Gasteiger partial charge >= 0.3 is 6.36 Å². The number of guanidine groups is 1. The topological polar surface area (TPSA) is 114 Å². The van der Waals surface area contributed by atoms with Gasteiger partial charge in [0.1, 0.15) is 11.6 Å². The van der Waals surface area contributed by atoms with Crippen LogP contribution in [0.25, 0.3) is 11.6 Å². The van der Waals surface area contributed by atoms with Crippen molar-refractivity contribution >= 4 is 11.6 Å². The molecule has 0 bridgehead atoms. The average Bonchev–Trinajstić information content (AvgIpc) is 3.26. The third-order valence-corrected chi connectivity index (χ3v) is 3.26. The Kier molecular flexibility index (Phi) is 5.29.